The minimum atomic E-state index is -0.359. The first-order valence-corrected chi connectivity index (χ1v) is 6.86. The molecule has 2 rings (SSSR count). The van der Waals surface area contributed by atoms with E-state index < -0.39 is 0 Å². The van der Waals surface area contributed by atoms with E-state index >= 15 is 0 Å². The Morgan fingerprint density at radius 1 is 1.09 bits per heavy atom. The minimum Gasteiger partial charge on any atom is -0.497 e. The van der Waals surface area contributed by atoms with E-state index in [-0.39, 0.29) is 12.5 Å². The second kappa shape index (κ2) is 7.84. The van der Waals surface area contributed by atoms with Crippen LogP contribution in [0.1, 0.15) is 10.4 Å². The van der Waals surface area contributed by atoms with Gasteiger partial charge >= 0.3 is 0 Å². The molecule has 23 heavy (non-hydrogen) atoms. The van der Waals surface area contributed by atoms with E-state index in [1.807, 2.05) is 0 Å². The smallest absolute Gasteiger partial charge is 0.262 e. The molecule has 2 aromatic rings. The minimum absolute atomic E-state index is 0.231. The summed E-state index contributed by atoms with van der Waals surface area (Å²) in [7, 11) is 3.03. The summed E-state index contributed by atoms with van der Waals surface area (Å²) in [4.78, 5) is 23.0. The molecular weight excluding hydrogens is 298 g/mol. The van der Waals surface area contributed by atoms with E-state index in [0.29, 0.717) is 34.8 Å². The van der Waals surface area contributed by atoms with E-state index in [9.17, 15) is 9.59 Å². The Balaban J connectivity index is 2.00. The van der Waals surface area contributed by atoms with Gasteiger partial charge in [0.2, 0.25) is 0 Å². The molecule has 1 amide bonds. The zero-order valence-corrected chi connectivity index (χ0v) is 12.9. The molecule has 0 aliphatic heterocycles. The Hall–Kier alpha value is -3.02. The predicted octanol–water partition coefficient (Wildman–Crippen LogP) is 2.53. The van der Waals surface area contributed by atoms with Crippen molar-refractivity contribution in [1.82, 2.24) is 0 Å². The van der Waals surface area contributed by atoms with Crippen molar-refractivity contribution in [3.8, 4) is 17.2 Å². The van der Waals surface area contributed by atoms with Crippen LogP contribution in [-0.4, -0.2) is 33.0 Å². The highest BCUT2D eigenvalue weighted by Crippen LogP contribution is 2.24. The average molecular weight is 315 g/mol. The number of para-hydroxylation sites is 2. The summed E-state index contributed by atoms with van der Waals surface area (Å²) in [5, 5.41) is 2.69. The molecule has 0 aliphatic carbocycles. The number of hydrogen-bond acceptors (Lipinski definition) is 5. The quantitative estimate of drug-likeness (QED) is 0.795. The van der Waals surface area contributed by atoms with Crippen LogP contribution in [0, 0.1) is 0 Å². The number of carbonyl (C=O) groups excluding carboxylic acids is 2. The zero-order chi connectivity index (χ0) is 16.7. The van der Waals surface area contributed by atoms with Crippen LogP contribution in [0.15, 0.2) is 42.5 Å². The second-order valence-electron chi connectivity index (χ2n) is 4.56. The SMILES string of the molecule is COc1ccc(OCC(=O)Nc2ccccc2OC)c(C=O)c1. The van der Waals surface area contributed by atoms with Gasteiger partial charge in [0.1, 0.15) is 17.2 Å². The van der Waals surface area contributed by atoms with Crippen molar-refractivity contribution < 1.29 is 23.8 Å². The third kappa shape index (κ3) is 4.23. The third-order valence-electron chi connectivity index (χ3n) is 3.08. The topological polar surface area (TPSA) is 73.9 Å². The summed E-state index contributed by atoms with van der Waals surface area (Å²) < 4.78 is 15.6. The molecule has 6 nitrogen and oxygen atoms in total. The summed E-state index contributed by atoms with van der Waals surface area (Å²) in [6, 6.07) is 11.8. The van der Waals surface area contributed by atoms with Crippen molar-refractivity contribution in [3.63, 3.8) is 0 Å². The van der Waals surface area contributed by atoms with E-state index in [0.717, 1.165) is 0 Å². The summed E-state index contributed by atoms with van der Waals surface area (Å²) >= 11 is 0. The first kappa shape index (κ1) is 16.4. The third-order valence-corrected chi connectivity index (χ3v) is 3.08. The van der Waals surface area contributed by atoms with Crippen LogP contribution < -0.4 is 19.5 Å². The first-order chi connectivity index (χ1) is 11.2. The molecular formula is C17H17NO5. The van der Waals surface area contributed by atoms with Gasteiger partial charge in [0.05, 0.1) is 25.5 Å². The van der Waals surface area contributed by atoms with Crippen LogP contribution in [0.2, 0.25) is 0 Å². The maximum absolute atomic E-state index is 12.0. The number of anilines is 1. The molecule has 0 atom stereocenters. The fourth-order valence-corrected chi connectivity index (χ4v) is 1.95. The van der Waals surface area contributed by atoms with Crippen LogP contribution in [-0.2, 0) is 4.79 Å². The molecule has 0 unspecified atom stereocenters. The normalized spacial score (nSPS) is 9.83. The number of amides is 1. The van der Waals surface area contributed by atoms with Gasteiger partial charge in [0.25, 0.3) is 5.91 Å². The van der Waals surface area contributed by atoms with E-state index in [4.69, 9.17) is 14.2 Å². The molecule has 0 heterocycles. The molecule has 2 aromatic carbocycles. The molecule has 6 heteroatoms. The zero-order valence-electron chi connectivity index (χ0n) is 12.9. The molecule has 0 spiro atoms. The Morgan fingerprint density at radius 2 is 1.87 bits per heavy atom. The van der Waals surface area contributed by atoms with Gasteiger partial charge in [-0.2, -0.15) is 0 Å². The summed E-state index contributed by atoms with van der Waals surface area (Å²) in [5.41, 5.74) is 0.864. The number of methoxy groups -OCH3 is 2. The number of rotatable bonds is 7. The van der Waals surface area contributed by atoms with Gasteiger partial charge in [-0.05, 0) is 30.3 Å². The molecule has 0 aromatic heterocycles. The lowest BCUT2D eigenvalue weighted by molar-refractivity contribution is -0.118. The lowest BCUT2D eigenvalue weighted by Crippen LogP contribution is -2.20. The van der Waals surface area contributed by atoms with Crippen molar-refractivity contribution in [2.75, 3.05) is 26.1 Å². The van der Waals surface area contributed by atoms with Gasteiger partial charge in [0.15, 0.2) is 12.9 Å². The first-order valence-electron chi connectivity index (χ1n) is 6.86. The van der Waals surface area contributed by atoms with Crippen LogP contribution >= 0.6 is 0 Å². The largest absolute Gasteiger partial charge is 0.497 e. The fraction of sp³-hybridized carbons (Fsp3) is 0.176. The molecule has 0 saturated carbocycles. The summed E-state index contributed by atoms with van der Waals surface area (Å²) in [6.45, 7) is -0.231. The lowest BCUT2D eigenvalue weighted by Gasteiger charge is -2.12. The number of hydrogen-bond donors (Lipinski definition) is 1. The lowest BCUT2D eigenvalue weighted by atomic mass is 10.2. The van der Waals surface area contributed by atoms with Crippen LogP contribution in [0.25, 0.3) is 0 Å². The Labute approximate surface area is 134 Å². The maximum Gasteiger partial charge on any atom is 0.262 e. The Morgan fingerprint density at radius 3 is 2.57 bits per heavy atom. The van der Waals surface area contributed by atoms with Crippen LogP contribution in [0.5, 0.6) is 17.2 Å². The highest BCUT2D eigenvalue weighted by atomic mass is 16.5. The number of ether oxygens (including phenoxy) is 3. The van der Waals surface area contributed by atoms with Crippen LogP contribution in [0.3, 0.4) is 0 Å². The molecule has 0 bridgehead atoms. The molecule has 0 aliphatic rings. The van der Waals surface area contributed by atoms with E-state index in [1.54, 1.807) is 42.5 Å². The van der Waals surface area contributed by atoms with Crippen LogP contribution in [0.4, 0.5) is 5.69 Å². The van der Waals surface area contributed by atoms with Crippen molar-refractivity contribution in [1.29, 1.82) is 0 Å². The second-order valence-corrected chi connectivity index (χ2v) is 4.56. The van der Waals surface area contributed by atoms with Crippen molar-refractivity contribution in [2.45, 2.75) is 0 Å². The highest BCUT2D eigenvalue weighted by molar-refractivity contribution is 5.93. The molecule has 0 fully saturated rings. The molecule has 1 N–H and O–H groups in total. The van der Waals surface area contributed by atoms with Crippen molar-refractivity contribution in [3.05, 3.63) is 48.0 Å². The van der Waals surface area contributed by atoms with Gasteiger partial charge in [0, 0.05) is 0 Å². The maximum atomic E-state index is 12.0. The van der Waals surface area contributed by atoms with Gasteiger partial charge in [-0.25, -0.2) is 0 Å². The number of aldehydes is 1. The Kier molecular flexibility index (Phi) is 5.57. The van der Waals surface area contributed by atoms with Gasteiger partial charge in [-0.1, -0.05) is 12.1 Å². The average Bonchev–Trinajstić information content (AvgIpc) is 2.60. The van der Waals surface area contributed by atoms with Gasteiger partial charge < -0.3 is 19.5 Å². The van der Waals surface area contributed by atoms with E-state index in [1.165, 1.54) is 14.2 Å². The number of benzene rings is 2. The van der Waals surface area contributed by atoms with Gasteiger partial charge in [-0.3, -0.25) is 9.59 Å². The standard InChI is InChI=1S/C17H17NO5/c1-21-13-7-8-15(12(9-13)10-19)23-11-17(20)18-14-5-3-4-6-16(14)22-2/h3-10H,11H2,1-2H3,(H,18,20). The Bertz CT molecular complexity index is 699. The number of carbonyl (C=O) groups is 2. The predicted molar refractivity (Wildman–Crippen MR) is 85.5 cm³/mol. The molecule has 120 valence electrons. The van der Waals surface area contributed by atoms with Crippen molar-refractivity contribution >= 4 is 17.9 Å². The fourth-order valence-electron chi connectivity index (χ4n) is 1.95. The van der Waals surface area contributed by atoms with Gasteiger partial charge in [-0.15, -0.1) is 0 Å². The molecule has 0 saturated heterocycles. The summed E-state index contributed by atoms with van der Waals surface area (Å²) in [6.07, 6.45) is 0.649. The highest BCUT2D eigenvalue weighted by Gasteiger charge is 2.10. The summed E-state index contributed by atoms with van der Waals surface area (Å²) in [5.74, 6) is 1.05. The van der Waals surface area contributed by atoms with Crippen molar-refractivity contribution in [2.24, 2.45) is 0 Å². The number of nitrogens with one attached hydrogen (secondary N) is 1. The monoisotopic (exact) mass is 315 g/mol. The molecule has 0 radical (unpaired) electrons. The van der Waals surface area contributed by atoms with E-state index in [2.05, 4.69) is 5.32 Å².